The van der Waals surface area contributed by atoms with Gasteiger partial charge in [0.25, 0.3) is 5.91 Å². The number of hydrogen-bond acceptors (Lipinski definition) is 3. The molecule has 144 valence electrons. The van der Waals surface area contributed by atoms with E-state index < -0.39 is 0 Å². The van der Waals surface area contributed by atoms with Gasteiger partial charge in [-0.25, -0.2) is 0 Å². The Morgan fingerprint density at radius 1 is 1.04 bits per heavy atom. The molecule has 27 heavy (non-hydrogen) atoms. The molecule has 0 bridgehead atoms. The van der Waals surface area contributed by atoms with Gasteiger partial charge < -0.3 is 9.64 Å². The van der Waals surface area contributed by atoms with E-state index in [1.54, 1.807) is 24.3 Å². The normalized spacial score (nSPS) is 15.0. The van der Waals surface area contributed by atoms with Crippen LogP contribution in [0.2, 0.25) is 5.02 Å². The van der Waals surface area contributed by atoms with Crippen LogP contribution in [-0.2, 0) is 0 Å². The van der Waals surface area contributed by atoms with E-state index in [1.165, 1.54) is 16.7 Å². The van der Waals surface area contributed by atoms with Gasteiger partial charge in [0.2, 0.25) is 0 Å². The average molecular weight is 387 g/mol. The van der Waals surface area contributed by atoms with Gasteiger partial charge in [-0.3, -0.25) is 9.69 Å². The number of aryl methyl sites for hydroxylation is 2. The maximum Gasteiger partial charge on any atom is 0.253 e. The number of amides is 1. The van der Waals surface area contributed by atoms with Gasteiger partial charge in [-0.2, -0.15) is 0 Å². The third kappa shape index (κ3) is 5.02. The fourth-order valence-corrected chi connectivity index (χ4v) is 3.51. The predicted molar refractivity (Wildman–Crippen MR) is 110 cm³/mol. The molecule has 1 fully saturated rings. The van der Waals surface area contributed by atoms with Gasteiger partial charge in [-0.1, -0.05) is 17.7 Å². The third-order valence-electron chi connectivity index (χ3n) is 5.18. The van der Waals surface area contributed by atoms with E-state index in [4.69, 9.17) is 16.3 Å². The van der Waals surface area contributed by atoms with Crippen LogP contribution in [0.3, 0.4) is 0 Å². The fraction of sp³-hybridized carbons (Fsp3) is 0.409. The number of ether oxygens (including phenoxy) is 1. The zero-order valence-electron chi connectivity index (χ0n) is 16.3. The lowest BCUT2D eigenvalue weighted by Gasteiger charge is -2.34. The molecule has 0 aromatic heterocycles. The molecule has 0 atom stereocenters. The molecular weight excluding hydrogens is 360 g/mol. The molecule has 1 aliphatic rings. The highest BCUT2D eigenvalue weighted by Gasteiger charge is 2.22. The van der Waals surface area contributed by atoms with Crippen LogP contribution in [0.25, 0.3) is 0 Å². The molecule has 1 aliphatic heterocycles. The fourth-order valence-electron chi connectivity index (χ4n) is 3.39. The molecule has 1 heterocycles. The first-order valence-electron chi connectivity index (χ1n) is 9.42. The van der Waals surface area contributed by atoms with Gasteiger partial charge in [0.15, 0.2) is 0 Å². The molecule has 2 aromatic rings. The molecule has 3 rings (SSSR count). The largest absolute Gasteiger partial charge is 0.492 e. The van der Waals surface area contributed by atoms with Crippen molar-refractivity contribution in [3.8, 4) is 5.75 Å². The highest BCUT2D eigenvalue weighted by atomic mass is 35.5. The minimum absolute atomic E-state index is 0.0772. The van der Waals surface area contributed by atoms with Crippen molar-refractivity contribution in [3.05, 3.63) is 63.7 Å². The van der Waals surface area contributed by atoms with Gasteiger partial charge in [0, 0.05) is 43.3 Å². The van der Waals surface area contributed by atoms with Crippen LogP contribution in [0.1, 0.15) is 27.0 Å². The lowest BCUT2D eigenvalue weighted by molar-refractivity contribution is 0.0620. The van der Waals surface area contributed by atoms with Crippen LogP contribution in [0, 0.1) is 20.8 Å². The minimum Gasteiger partial charge on any atom is -0.492 e. The number of carbonyl (C=O) groups is 1. The Labute approximate surface area is 166 Å². The first kappa shape index (κ1) is 19.7. The Morgan fingerprint density at radius 3 is 2.37 bits per heavy atom. The Balaban J connectivity index is 1.46. The van der Waals surface area contributed by atoms with Crippen molar-refractivity contribution in [1.29, 1.82) is 0 Å². The number of rotatable bonds is 5. The summed E-state index contributed by atoms with van der Waals surface area (Å²) < 4.78 is 6.02. The summed E-state index contributed by atoms with van der Waals surface area (Å²) in [6.07, 6.45) is 0. The topological polar surface area (TPSA) is 32.8 Å². The molecule has 0 saturated carbocycles. The van der Waals surface area contributed by atoms with Crippen molar-refractivity contribution < 1.29 is 9.53 Å². The van der Waals surface area contributed by atoms with Gasteiger partial charge in [0.1, 0.15) is 12.4 Å². The standard InChI is InChI=1S/C22H27ClN2O2/c1-16-14-17(2)18(3)21(15-16)27-13-12-24-8-10-25(11-9-24)22(26)19-4-6-20(23)7-5-19/h4-7,14-15H,8-13H2,1-3H3. The van der Waals surface area contributed by atoms with Crippen molar-refractivity contribution in [2.75, 3.05) is 39.3 Å². The summed E-state index contributed by atoms with van der Waals surface area (Å²) >= 11 is 5.90. The van der Waals surface area contributed by atoms with Crippen molar-refractivity contribution in [2.24, 2.45) is 0 Å². The molecule has 2 aromatic carbocycles. The Kier molecular flexibility index (Phi) is 6.40. The average Bonchev–Trinajstić information content (AvgIpc) is 2.66. The monoisotopic (exact) mass is 386 g/mol. The highest BCUT2D eigenvalue weighted by molar-refractivity contribution is 6.30. The maximum atomic E-state index is 12.6. The predicted octanol–water partition coefficient (Wildman–Crippen LogP) is 4.10. The van der Waals surface area contributed by atoms with Crippen LogP contribution < -0.4 is 4.74 Å². The van der Waals surface area contributed by atoms with Crippen LogP contribution in [0.4, 0.5) is 0 Å². The lowest BCUT2D eigenvalue weighted by atomic mass is 10.1. The second-order valence-corrected chi connectivity index (χ2v) is 7.63. The van der Waals surface area contributed by atoms with Gasteiger partial charge in [-0.15, -0.1) is 0 Å². The molecule has 1 amide bonds. The summed E-state index contributed by atoms with van der Waals surface area (Å²) in [4.78, 5) is 16.8. The summed E-state index contributed by atoms with van der Waals surface area (Å²) in [6.45, 7) is 11.1. The Morgan fingerprint density at radius 2 is 1.70 bits per heavy atom. The van der Waals surface area contributed by atoms with Gasteiger partial charge >= 0.3 is 0 Å². The van der Waals surface area contributed by atoms with Crippen molar-refractivity contribution >= 4 is 17.5 Å². The van der Waals surface area contributed by atoms with E-state index in [9.17, 15) is 4.79 Å². The van der Waals surface area contributed by atoms with E-state index in [2.05, 4.69) is 37.8 Å². The van der Waals surface area contributed by atoms with Crippen molar-refractivity contribution in [1.82, 2.24) is 9.80 Å². The molecule has 0 N–H and O–H groups in total. The smallest absolute Gasteiger partial charge is 0.253 e. The molecule has 4 nitrogen and oxygen atoms in total. The Hall–Kier alpha value is -2.04. The van der Waals surface area contributed by atoms with Crippen LogP contribution in [0.15, 0.2) is 36.4 Å². The molecule has 5 heteroatoms. The SMILES string of the molecule is Cc1cc(C)c(C)c(OCCN2CCN(C(=O)c3ccc(Cl)cc3)CC2)c1. The second kappa shape index (κ2) is 8.77. The first-order chi connectivity index (χ1) is 12.9. The number of piperazine rings is 1. The first-order valence-corrected chi connectivity index (χ1v) is 9.79. The highest BCUT2D eigenvalue weighted by Crippen LogP contribution is 2.23. The summed E-state index contributed by atoms with van der Waals surface area (Å²) in [5, 5.41) is 0.649. The number of carbonyl (C=O) groups excluding carboxylic acids is 1. The van der Waals surface area contributed by atoms with Crippen LogP contribution in [-0.4, -0.2) is 55.0 Å². The molecule has 1 saturated heterocycles. The van der Waals surface area contributed by atoms with E-state index in [-0.39, 0.29) is 5.91 Å². The van der Waals surface area contributed by atoms with E-state index >= 15 is 0 Å². The zero-order valence-corrected chi connectivity index (χ0v) is 17.1. The lowest BCUT2D eigenvalue weighted by Crippen LogP contribution is -2.49. The van der Waals surface area contributed by atoms with Crippen LogP contribution in [0.5, 0.6) is 5.75 Å². The van der Waals surface area contributed by atoms with E-state index in [1.807, 2.05) is 4.90 Å². The zero-order chi connectivity index (χ0) is 19.4. The maximum absolute atomic E-state index is 12.6. The third-order valence-corrected chi connectivity index (χ3v) is 5.43. The van der Waals surface area contributed by atoms with Gasteiger partial charge in [0.05, 0.1) is 0 Å². The molecule has 0 aliphatic carbocycles. The van der Waals surface area contributed by atoms with Crippen LogP contribution >= 0.6 is 11.6 Å². The van der Waals surface area contributed by atoms with E-state index in [0.717, 1.165) is 38.5 Å². The quantitative estimate of drug-likeness (QED) is 0.775. The van der Waals surface area contributed by atoms with Gasteiger partial charge in [-0.05, 0) is 67.8 Å². The van der Waals surface area contributed by atoms with Crippen molar-refractivity contribution in [3.63, 3.8) is 0 Å². The molecular formula is C22H27ClN2O2. The van der Waals surface area contributed by atoms with Crippen molar-refractivity contribution in [2.45, 2.75) is 20.8 Å². The minimum atomic E-state index is 0.0772. The Bertz CT molecular complexity index is 797. The summed E-state index contributed by atoms with van der Waals surface area (Å²) in [6, 6.07) is 11.4. The number of benzene rings is 2. The molecule has 0 unspecified atom stereocenters. The second-order valence-electron chi connectivity index (χ2n) is 7.19. The summed E-state index contributed by atoms with van der Waals surface area (Å²) in [7, 11) is 0. The molecule has 0 spiro atoms. The van der Waals surface area contributed by atoms with E-state index in [0.29, 0.717) is 17.2 Å². The number of halogens is 1. The summed E-state index contributed by atoms with van der Waals surface area (Å²) in [5.41, 5.74) is 4.39. The number of hydrogen-bond donors (Lipinski definition) is 0. The molecule has 0 radical (unpaired) electrons. The number of nitrogens with zero attached hydrogens (tertiary/aromatic N) is 2. The summed E-state index contributed by atoms with van der Waals surface area (Å²) in [5.74, 6) is 1.05.